The number of nitrogens with two attached hydrogens (primary N) is 1. The van der Waals surface area contributed by atoms with Crippen LogP contribution in [0.1, 0.15) is 28.8 Å². The molecule has 1 aromatic carbocycles. The highest BCUT2D eigenvalue weighted by Gasteiger charge is 2.24. The summed E-state index contributed by atoms with van der Waals surface area (Å²) in [6, 6.07) is 5.59. The second-order valence-electron chi connectivity index (χ2n) is 6.13. The van der Waals surface area contributed by atoms with Crippen LogP contribution < -0.4 is 5.73 Å². The molecule has 20 heavy (non-hydrogen) atoms. The van der Waals surface area contributed by atoms with Crippen LogP contribution >= 0.6 is 0 Å². The summed E-state index contributed by atoms with van der Waals surface area (Å²) < 4.78 is 0. The van der Waals surface area contributed by atoms with Crippen LogP contribution in [0.4, 0.5) is 5.69 Å². The number of aryl methyl sites for hydroxylation is 1. The summed E-state index contributed by atoms with van der Waals surface area (Å²) in [5.41, 5.74) is 8.24. The lowest BCUT2D eigenvalue weighted by Crippen LogP contribution is -2.40. The van der Waals surface area contributed by atoms with Gasteiger partial charge in [0.25, 0.3) is 5.91 Å². The van der Waals surface area contributed by atoms with Gasteiger partial charge in [0, 0.05) is 30.9 Å². The first-order valence-electron chi connectivity index (χ1n) is 7.27. The van der Waals surface area contributed by atoms with Gasteiger partial charge in [-0.25, -0.2) is 0 Å². The van der Waals surface area contributed by atoms with Crippen LogP contribution in [0, 0.1) is 12.8 Å². The van der Waals surface area contributed by atoms with Gasteiger partial charge in [-0.1, -0.05) is 0 Å². The topological polar surface area (TPSA) is 49.6 Å². The summed E-state index contributed by atoms with van der Waals surface area (Å²) in [6.45, 7) is 4.78. The Morgan fingerprint density at radius 1 is 1.30 bits per heavy atom. The van der Waals surface area contributed by atoms with E-state index in [1.165, 1.54) is 0 Å². The van der Waals surface area contributed by atoms with Crippen molar-refractivity contribution in [1.82, 2.24) is 9.80 Å². The Balaban J connectivity index is 1.98. The molecule has 1 amide bonds. The van der Waals surface area contributed by atoms with Gasteiger partial charge in [-0.2, -0.15) is 0 Å². The van der Waals surface area contributed by atoms with E-state index in [1.54, 1.807) is 6.07 Å². The number of likely N-dealkylation sites (tertiary alicyclic amines) is 1. The molecular weight excluding hydrogens is 250 g/mol. The van der Waals surface area contributed by atoms with E-state index in [1.807, 2.05) is 24.0 Å². The van der Waals surface area contributed by atoms with Crippen molar-refractivity contribution < 1.29 is 4.79 Å². The number of carbonyl (C=O) groups excluding carboxylic acids is 1. The molecule has 0 aliphatic carbocycles. The fraction of sp³-hybridized carbons (Fsp3) is 0.562. The molecule has 1 heterocycles. The third-order valence-corrected chi connectivity index (χ3v) is 3.87. The molecule has 4 heteroatoms. The van der Waals surface area contributed by atoms with E-state index in [0.717, 1.165) is 38.0 Å². The second-order valence-corrected chi connectivity index (χ2v) is 6.13. The predicted octanol–water partition coefficient (Wildman–Crippen LogP) is 1.99. The van der Waals surface area contributed by atoms with Gasteiger partial charge in [-0.15, -0.1) is 0 Å². The Kier molecular flexibility index (Phi) is 4.65. The van der Waals surface area contributed by atoms with Crippen LogP contribution in [0.15, 0.2) is 18.2 Å². The maximum absolute atomic E-state index is 12.5. The lowest BCUT2D eigenvalue weighted by Gasteiger charge is -2.33. The van der Waals surface area contributed by atoms with Crippen LogP contribution in [0.5, 0.6) is 0 Å². The van der Waals surface area contributed by atoms with Crippen molar-refractivity contribution in [3.63, 3.8) is 0 Å². The number of hydrogen-bond donors (Lipinski definition) is 1. The number of amides is 1. The summed E-state index contributed by atoms with van der Waals surface area (Å²) in [5, 5.41) is 0. The normalized spacial score (nSPS) is 16.7. The molecule has 1 aromatic rings. The van der Waals surface area contributed by atoms with Gasteiger partial charge in [-0.05, 0) is 63.5 Å². The number of piperidine rings is 1. The second kappa shape index (κ2) is 6.27. The highest BCUT2D eigenvalue weighted by Crippen LogP contribution is 2.21. The molecule has 1 aliphatic heterocycles. The Morgan fingerprint density at radius 3 is 2.50 bits per heavy atom. The minimum absolute atomic E-state index is 0.115. The summed E-state index contributed by atoms with van der Waals surface area (Å²) >= 11 is 0. The maximum Gasteiger partial charge on any atom is 0.253 e. The van der Waals surface area contributed by atoms with Gasteiger partial charge >= 0.3 is 0 Å². The first kappa shape index (κ1) is 14.9. The van der Waals surface area contributed by atoms with Crippen molar-refractivity contribution in [2.45, 2.75) is 19.8 Å². The van der Waals surface area contributed by atoms with E-state index < -0.39 is 0 Å². The van der Waals surface area contributed by atoms with Crippen molar-refractivity contribution in [3.05, 3.63) is 29.3 Å². The Hall–Kier alpha value is -1.55. The van der Waals surface area contributed by atoms with Crippen molar-refractivity contribution in [2.24, 2.45) is 5.92 Å². The fourth-order valence-electron chi connectivity index (χ4n) is 2.95. The highest BCUT2D eigenvalue weighted by atomic mass is 16.2. The molecule has 0 spiro atoms. The van der Waals surface area contributed by atoms with E-state index in [0.29, 0.717) is 17.2 Å². The number of nitrogen functional groups attached to an aromatic ring is 1. The molecule has 0 bridgehead atoms. The minimum atomic E-state index is 0.115. The quantitative estimate of drug-likeness (QED) is 0.858. The number of benzene rings is 1. The number of rotatable bonds is 3. The molecule has 1 fully saturated rings. The van der Waals surface area contributed by atoms with E-state index >= 15 is 0 Å². The molecule has 2 N–H and O–H groups in total. The van der Waals surface area contributed by atoms with Gasteiger partial charge in [0.15, 0.2) is 0 Å². The van der Waals surface area contributed by atoms with Crippen LogP contribution in [0.2, 0.25) is 0 Å². The molecule has 0 atom stereocenters. The monoisotopic (exact) mass is 275 g/mol. The summed E-state index contributed by atoms with van der Waals surface area (Å²) in [4.78, 5) is 16.7. The number of carbonyl (C=O) groups is 1. The van der Waals surface area contributed by atoms with Gasteiger partial charge in [0.2, 0.25) is 0 Å². The Labute approximate surface area is 121 Å². The van der Waals surface area contributed by atoms with E-state index in [2.05, 4.69) is 19.0 Å². The molecule has 1 saturated heterocycles. The summed E-state index contributed by atoms with van der Waals surface area (Å²) in [7, 11) is 4.21. The fourth-order valence-corrected chi connectivity index (χ4v) is 2.95. The van der Waals surface area contributed by atoms with Gasteiger partial charge in [0.1, 0.15) is 0 Å². The molecule has 0 aromatic heterocycles. The zero-order chi connectivity index (χ0) is 14.7. The van der Waals surface area contributed by atoms with Crippen LogP contribution in [-0.2, 0) is 0 Å². The van der Waals surface area contributed by atoms with Crippen molar-refractivity contribution in [2.75, 3.05) is 39.5 Å². The van der Waals surface area contributed by atoms with Crippen molar-refractivity contribution in [3.8, 4) is 0 Å². The van der Waals surface area contributed by atoms with Crippen LogP contribution in [-0.4, -0.2) is 49.4 Å². The zero-order valence-corrected chi connectivity index (χ0v) is 12.7. The number of anilines is 1. The Morgan fingerprint density at radius 2 is 1.95 bits per heavy atom. The first-order chi connectivity index (χ1) is 9.45. The minimum Gasteiger partial charge on any atom is -0.399 e. The summed E-state index contributed by atoms with van der Waals surface area (Å²) in [5.74, 6) is 0.820. The molecular formula is C16H25N3O. The smallest absolute Gasteiger partial charge is 0.253 e. The zero-order valence-electron chi connectivity index (χ0n) is 12.7. The highest BCUT2D eigenvalue weighted by molar-refractivity contribution is 5.95. The third-order valence-electron chi connectivity index (χ3n) is 3.87. The molecule has 0 radical (unpaired) electrons. The van der Waals surface area contributed by atoms with Crippen molar-refractivity contribution >= 4 is 11.6 Å². The molecule has 110 valence electrons. The molecule has 0 saturated carbocycles. The third kappa shape index (κ3) is 3.73. The standard InChI is InChI=1S/C16H25N3O/c1-12-8-14(10-15(17)9-12)16(20)19-6-4-13(5-7-19)11-18(2)3/h8-10,13H,4-7,11,17H2,1-3H3. The maximum atomic E-state index is 12.5. The first-order valence-corrected chi connectivity index (χ1v) is 7.27. The summed E-state index contributed by atoms with van der Waals surface area (Å²) in [6.07, 6.45) is 2.18. The van der Waals surface area contributed by atoms with E-state index in [4.69, 9.17) is 5.73 Å². The predicted molar refractivity (Wildman–Crippen MR) is 82.8 cm³/mol. The number of nitrogens with zero attached hydrogens (tertiary/aromatic N) is 2. The van der Waals surface area contributed by atoms with Gasteiger partial charge < -0.3 is 15.5 Å². The lowest BCUT2D eigenvalue weighted by atomic mass is 9.96. The largest absolute Gasteiger partial charge is 0.399 e. The van der Waals surface area contributed by atoms with Crippen LogP contribution in [0.25, 0.3) is 0 Å². The molecule has 1 aliphatic rings. The van der Waals surface area contributed by atoms with E-state index in [9.17, 15) is 4.79 Å². The SMILES string of the molecule is Cc1cc(N)cc(C(=O)N2CCC(CN(C)C)CC2)c1. The van der Waals surface area contributed by atoms with Crippen LogP contribution in [0.3, 0.4) is 0 Å². The molecule has 4 nitrogen and oxygen atoms in total. The van der Waals surface area contributed by atoms with Gasteiger partial charge in [0.05, 0.1) is 0 Å². The molecule has 0 unspecified atom stereocenters. The lowest BCUT2D eigenvalue weighted by molar-refractivity contribution is 0.0678. The van der Waals surface area contributed by atoms with Gasteiger partial charge in [-0.3, -0.25) is 4.79 Å². The Bertz CT molecular complexity index is 456. The van der Waals surface area contributed by atoms with E-state index in [-0.39, 0.29) is 5.91 Å². The average Bonchev–Trinajstić information content (AvgIpc) is 2.37. The molecule has 2 rings (SSSR count). The van der Waals surface area contributed by atoms with Crippen molar-refractivity contribution in [1.29, 1.82) is 0 Å². The average molecular weight is 275 g/mol. The number of hydrogen-bond acceptors (Lipinski definition) is 3.